The lowest BCUT2D eigenvalue weighted by Gasteiger charge is -2.15. The number of benzene rings is 1. The first-order valence-corrected chi connectivity index (χ1v) is 8.73. The van der Waals surface area contributed by atoms with Crippen molar-refractivity contribution in [3.8, 4) is 0 Å². The standard InChI is InChI=1S/C16H17ClN4O3S/c1-3-8-21-14(19-20-16(21)25-9-13(22)23)10(2)18-15(24)11-4-6-12(17)7-5-11/h3-7,10H,1,8-9H2,2H3,(H,18,24)(H,22,23)/t10-/m1/s1. The van der Waals surface area contributed by atoms with Crippen LogP contribution >= 0.6 is 23.4 Å². The summed E-state index contributed by atoms with van der Waals surface area (Å²) in [6.45, 7) is 5.88. The minimum absolute atomic E-state index is 0.124. The predicted octanol–water partition coefficient (Wildman–Crippen LogP) is 2.79. The van der Waals surface area contributed by atoms with Crippen molar-refractivity contribution in [3.05, 3.63) is 53.3 Å². The highest BCUT2D eigenvalue weighted by Gasteiger charge is 2.20. The van der Waals surface area contributed by atoms with Gasteiger partial charge in [0.1, 0.15) is 0 Å². The molecule has 2 N–H and O–H groups in total. The molecule has 0 saturated carbocycles. The summed E-state index contributed by atoms with van der Waals surface area (Å²) in [6, 6.07) is 6.12. The van der Waals surface area contributed by atoms with Gasteiger partial charge in [-0.25, -0.2) is 0 Å². The van der Waals surface area contributed by atoms with E-state index in [9.17, 15) is 9.59 Å². The zero-order valence-corrected chi connectivity index (χ0v) is 15.0. The van der Waals surface area contributed by atoms with Gasteiger partial charge in [-0.2, -0.15) is 0 Å². The van der Waals surface area contributed by atoms with Crippen LogP contribution in [0.2, 0.25) is 5.02 Å². The number of aliphatic carboxylic acids is 1. The van der Waals surface area contributed by atoms with Crippen LogP contribution in [0, 0.1) is 0 Å². The van der Waals surface area contributed by atoms with Crippen LogP contribution in [0.25, 0.3) is 0 Å². The number of amides is 1. The first kappa shape index (κ1) is 19.0. The Morgan fingerprint density at radius 1 is 1.40 bits per heavy atom. The highest BCUT2D eigenvalue weighted by atomic mass is 35.5. The van der Waals surface area contributed by atoms with Gasteiger partial charge in [0.15, 0.2) is 11.0 Å². The largest absolute Gasteiger partial charge is 0.481 e. The van der Waals surface area contributed by atoms with Crippen molar-refractivity contribution in [2.45, 2.75) is 24.7 Å². The van der Waals surface area contributed by atoms with Gasteiger partial charge in [0, 0.05) is 17.1 Å². The zero-order valence-electron chi connectivity index (χ0n) is 13.5. The van der Waals surface area contributed by atoms with E-state index in [4.69, 9.17) is 16.7 Å². The van der Waals surface area contributed by atoms with Crippen LogP contribution in [0.3, 0.4) is 0 Å². The number of carbonyl (C=O) groups is 2. The number of nitrogens with zero attached hydrogens (tertiary/aromatic N) is 3. The third kappa shape index (κ3) is 5.07. The molecule has 9 heteroatoms. The summed E-state index contributed by atoms with van der Waals surface area (Å²) in [5, 5.41) is 20.8. The molecule has 0 bridgehead atoms. The topological polar surface area (TPSA) is 97.1 Å². The van der Waals surface area contributed by atoms with E-state index in [0.717, 1.165) is 11.8 Å². The normalized spacial score (nSPS) is 11.8. The second-order valence-corrected chi connectivity index (χ2v) is 6.50. The van der Waals surface area contributed by atoms with Gasteiger partial charge in [0.25, 0.3) is 5.91 Å². The van der Waals surface area contributed by atoms with Crippen LogP contribution in [0.1, 0.15) is 29.1 Å². The number of aromatic nitrogens is 3. The van der Waals surface area contributed by atoms with Crippen molar-refractivity contribution < 1.29 is 14.7 Å². The number of carbonyl (C=O) groups excluding carboxylic acids is 1. The molecule has 132 valence electrons. The average Bonchev–Trinajstić information content (AvgIpc) is 2.96. The van der Waals surface area contributed by atoms with Gasteiger partial charge in [-0.3, -0.25) is 9.59 Å². The summed E-state index contributed by atoms with van der Waals surface area (Å²) >= 11 is 6.89. The number of nitrogens with one attached hydrogen (secondary N) is 1. The molecule has 1 heterocycles. The first-order chi connectivity index (χ1) is 11.9. The first-order valence-electron chi connectivity index (χ1n) is 7.37. The Bertz CT molecular complexity index is 776. The molecule has 1 aromatic heterocycles. The van der Waals surface area contributed by atoms with Gasteiger partial charge in [-0.15, -0.1) is 16.8 Å². The Labute approximate surface area is 154 Å². The molecule has 1 atom stereocenters. The van der Waals surface area contributed by atoms with Crippen molar-refractivity contribution in [1.82, 2.24) is 20.1 Å². The number of carboxylic acids is 1. The van der Waals surface area contributed by atoms with E-state index < -0.39 is 12.0 Å². The maximum absolute atomic E-state index is 12.3. The van der Waals surface area contributed by atoms with Crippen LogP contribution in [0.4, 0.5) is 0 Å². The van der Waals surface area contributed by atoms with E-state index in [1.54, 1.807) is 41.8 Å². The maximum atomic E-state index is 12.3. The van der Waals surface area contributed by atoms with Crippen LogP contribution in [0.5, 0.6) is 0 Å². The molecule has 1 amide bonds. The SMILES string of the molecule is C=CCn1c(SCC(=O)O)nnc1[C@@H](C)NC(=O)c1ccc(Cl)cc1. The zero-order chi connectivity index (χ0) is 18.4. The van der Waals surface area contributed by atoms with E-state index >= 15 is 0 Å². The summed E-state index contributed by atoms with van der Waals surface area (Å²) in [4.78, 5) is 23.1. The third-order valence-corrected chi connectivity index (χ3v) is 4.43. The Morgan fingerprint density at radius 2 is 2.08 bits per heavy atom. The molecule has 0 unspecified atom stereocenters. The molecule has 25 heavy (non-hydrogen) atoms. The summed E-state index contributed by atoms with van der Waals surface area (Å²) in [5.41, 5.74) is 0.478. The summed E-state index contributed by atoms with van der Waals surface area (Å²) in [5.74, 6) is -0.809. The highest BCUT2D eigenvalue weighted by molar-refractivity contribution is 7.99. The van der Waals surface area contributed by atoms with Gasteiger partial charge in [0.2, 0.25) is 0 Å². The van der Waals surface area contributed by atoms with Gasteiger partial charge in [-0.1, -0.05) is 29.4 Å². The molecule has 0 aliphatic heterocycles. The molecule has 0 aliphatic carbocycles. The lowest BCUT2D eigenvalue weighted by molar-refractivity contribution is -0.133. The second kappa shape index (κ2) is 8.68. The molecule has 0 aliphatic rings. The van der Waals surface area contributed by atoms with Gasteiger partial charge >= 0.3 is 5.97 Å². The Morgan fingerprint density at radius 3 is 2.68 bits per heavy atom. The molecule has 0 spiro atoms. The summed E-state index contributed by atoms with van der Waals surface area (Å²) in [6.07, 6.45) is 1.66. The predicted molar refractivity (Wildman–Crippen MR) is 95.9 cm³/mol. The third-order valence-electron chi connectivity index (χ3n) is 3.22. The number of hydrogen-bond donors (Lipinski definition) is 2. The quantitative estimate of drug-likeness (QED) is 0.540. The fraction of sp³-hybridized carbons (Fsp3) is 0.250. The Kier molecular flexibility index (Phi) is 6.60. The van der Waals surface area contributed by atoms with E-state index in [0.29, 0.717) is 28.1 Å². The smallest absolute Gasteiger partial charge is 0.313 e. The summed E-state index contributed by atoms with van der Waals surface area (Å²) in [7, 11) is 0. The average molecular weight is 381 g/mol. The summed E-state index contributed by atoms with van der Waals surface area (Å²) < 4.78 is 1.73. The van der Waals surface area contributed by atoms with Crippen LogP contribution in [-0.2, 0) is 11.3 Å². The fourth-order valence-electron chi connectivity index (χ4n) is 2.10. The number of allylic oxidation sites excluding steroid dienone is 1. The number of rotatable bonds is 8. The van der Waals surface area contributed by atoms with E-state index in [1.807, 2.05) is 0 Å². The highest BCUT2D eigenvalue weighted by Crippen LogP contribution is 2.21. The Balaban J connectivity index is 2.15. The lowest BCUT2D eigenvalue weighted by Crippen LogP contribution is -2.28. The van der Waals surface area contributed by atoms with Crippen LogP contribution in [-0.4, -0.2) is 37.5 Å². The van der Waals surface area contributed by atoms with Crippen molar-refractivity contribution >= 4 is 35.2 Å². The minimum Gasteiger partial charge on any atom is -0.481 e. The minimum atomic E-state index is -0.941. The van der Waals surface area contributed by atoms with E-state index in [2.05, 4.69) is 22.1 Å². The van der Waals surface area contributed by atoms with Gasteiger partial charge in [0.05, 0.1) is 11.8 Å². The Hall–Kier alpha value is -2.32. The van der Waals surface area contributed by atoms with Gasteiger partial charge in [-0.05, 0) is 31.2 Å². The van der Waals surface area contributed by atoms with Crippen molar-refractivity contribution in [3.63, 3.8) is 0 Å². The molecule has 0 fully saturated rings. The molecule has 0 radical (unpaired) electrons. The molecular formula is C16H17ClN4O3S. The van der Waals surface area contributed by atoms with Crippen molar-refractivity contribution in [2.75, 3.05) is 5.75 Å². The van der Waals surface area contributed by atoms with Crippen LogP contribution < -0.4 is 5.32 Å². The van der Waals surface area contributed by atoms with Crippen LogP contribution in [0.15, 0.2) is 42.1 Å². The molecule has 1 aromatic carbocycles. The lowest BCUT2D eigenvalue weighted by atomic mass is 10.2. The van der Waals surface area contributed by atoms with Gasteiger partial charge < -0.3 is 15.0 Å². The fourth-order valence-corrected chi connectivity index (χ4v) is 2.90. The monoisotopic (exact) mass is 380 g/mol. The van der Waals surface area contributed by atoms with E-state index in [1.165, 1.54) is 0 Å². The number of carboxylic acid groups (broad SMARTS) is 1. The maximum Gasteiger partial charge on any atom is 0.313 e. The molecule has 7 nitrogen and oxygen atoms in total. The molecular weight excluding hydrogens is 364 g/mol. The number of hydrogen-bond acceptors (Lipinski definition) is 5. The second-order valence-electron chi connectivity index (χ2n) is 5.12. The van der Waals surface area contributed by atoms with E-state index in [-0.39, 0.29) is 11.7 Å². The van der Waals surface area contributed by atoms with Crippen molar-refractivity contribution in [2.24, 2.45) is 0 Å². The number of halogens is 1. The van der Waals surface area contributed by atoms with Crippen molar-refractivity contribution in [1.29, 1.82) is 0 Å². The molecule has 2 aromatic rings. The molecule has 0 saturated heterocycles. The number of thioether (sulfide) groups is 1. The molecule has 2 rings (SSSR count).